The van der Waals surface area contributed by atoms with Crippen molar-refractivity contribution in [3.63, 3.8) is 0 Å². The van der Waals surface area contributed by atoms with Crippen LogP contribution in [0.4, 0.5) is 14.9 Å². The van der Waals surface area contributed by atoms with Crippen molar-refractivity contribution < 1.29 is 33.7 Å². The largest absolute Gasteiger partial charge is 0.478 e. The molecule has 0 radical (unpaired) electrons. The molecule has 40 heavy (non-hydrogen) atoms. The Labute approximate surface area is 237 Å². The van der Waals surface area contributed by atoms with E-state index in [0.29, 0.717) is 43.1 Å². The van der Waals surface area contributed by atoms with E-state index >= 15 is 0 Å². The van der Waals surface area contributed by atoms with Gasteiger partial charge in [0.25, 0.3) is 0 Å². The van der Waals surface area contributed by atoms with Gasteiger partial charge in [-0.2, -0.15) is 0 Å². The number of anilines is 1. The normalized spacial score (nSPS) is 14.6. The molecule has 3 aromatic rings. The van der Waals surface area contributed by atoms with Crippen LogP contribution < -0.4 is 14.8 Å². The van der Waals surface area contributed by atoms with Crippen molar-refractivity contribution in [3.05, 3.63) is 77.1 Å². The molecule has 3 aromatic carbocycles. The number of carbonyl (C=O) groups excluding carboxylic acids is 1. The summed E-state index contributed by atoms with van der Waals surface area (Å²) in [7, 11) is 0. The Morgan fingerprint density at radius 3 is 2.08 bits per heavy atom. The summed E-state index contributed by atoms with van der Waals surface area (Å²) < 4.78 is 25.2. The second kappa shape index (κ2) is 12.6. The van der Waals surface area contributed by atoms with Crippen molar-refractivity contribution >= 4 is 29.3 Å². The highest BCUT2D eigenvalue weighted by Crippen LogP contribution is 2.36. The monoisotopic (exact) mass is 570 g/mol. The summed E-state index contributed by atoms with van der Waals surface area (Å²) in [6.45, 7) is 4.98. The highest BCUT2D eigenvalue weighted by atomic mass is 35.5. The van der Waals surface area contributed by atoms with Crippen LogP contribution in [-0.2, 0) is 0 Å². The maximum absolute atomic E-state index is 13.4. The Morgan fingerprint density at radius 1 is 0.950 bits per heavy atom. The number of likely N-dealkylation sites (tertiary alicyclic amines) is 1. The Bertz CT molecular complexity index is 1350. The van der Waals surface area contributed by atoms with Gasteiger partial charge in [-0.25, -0.2) is 14.0 Å². The molecule has 1 heterocycles. The number of aromatic carboxylic acids is 1. The summed E-state index contributed by atoms with van der Waals surface area (Å²) in [5, 5.41) is 23.2. The summed E-state index contributed by atoms with van der Waals surface area (Å²) in [6.07, 6.45) is 2.77. The zero-order valence-electron chi connectivity index (χ0n) is 22.3. The first kappa shape index (κ1) is 29.2. The van der Waals surface area contributed by atoms with Crippen molar-refractivity contribution in [3.8, 4) is 23.0 Å². The topological polar surface area (TPSA) is 108 Å². The van der Waals surface area contributed by atoms with E-state index in [1.54, 1.807) is 23.1 Å². The number of urea groups is 1. The lowest BCUT2D eigenvalue weighted by Gasteiger charge is -2.42. The average Bonchev–Trinajstić information content (AvgIpc) is 2.90. The molecule has 0 unspecified atom stereocenters. The Morgan fingerprint density at radius 2 is 1.52 bits per heavy atom. The lowest BCUT2D eigenvalue weighted by Crippen LogP contribution is -2.51. The average molecular weight is 571 g/mol. The van der Waals surface area contributed by atoms with Gasteiger partial charge in [0, 0.05) is 43.0 Å². The van der Waals surface area contributed by atoms with Gasteiger partial charge in [-0.3, -0.25) is 0 Å². The van der Waals surface area contributed by atoms with Crippen LogP contribution in [0.1, 0.15) is 49.9 Å². The first-order valence-corrected chi connectivity index (χ1v) is 13.6. The number of piperidine rings is 1. The van der Waals surface area contributed by atoms with E-state index in [1.807, 2.05) is 0 Å². The molecular weight excluding hydrogens is 539 g/mol. The van der Waals surface area contributed by atoms with E-state index in [4.69, 9.17) is 21.1 Å². The highest BCUT2D eigenvalue weighted by molar-refractivity contribution is 6.33. The van der Waals surface area contributed by atoms with E-state index < -0.39 is 17.4 Å². The van der Waals surface area contributed by atoms with E-state index in [0.717, 1.165) is 12.8 Å². The van der Waals surface area contributed by atoms with E-state index in [9.17, 15) is 24.2 Å². The third-order valence-corrected chi connectivity index (χ3v) is 7.56. The number of halogens is 2. The first-order valence-electron chi connectivity index (χ1n) is 13.2. The van der Waals surface area contributed by atoms with Crippen LogP contribution in [0.3, 0.4) is 0 Å². The first-order chi connectivity index (χ1) is 19.1. The molecule has 0 spiro atoms. The van der Waals surface area contributed by atoms with E-state index in [1.165, 1.54) is 42.5 Å². The van der Waals surface area contributed by atoms with Crippen LogP contribution in [0.25, 0.3) is 0 Å². The van der Waals surface area contributed by atoms with Gasteiger partial charge in [0.1, 0.15) is 28.8 Å². The maximum atomic E-state index is 13.4. The number of ether oxygens (including phenoxy) is 2. The third kappa shape index (κ3) is 7.03. The number of benzene rings is 3. The Balaban J connectivity index is 1.54. The molecule has 4 rings (SSSR count). The number of rotatable bonds is 9. The minimum atomic E-state index is -1.16. The molecule has 0 saturated carbocycles. The lowest BCUT2D eigenvalue weighted by molar-refractivity contribution is -0.0619. The number of aliphatic hydroxyl groups is 1. The lowest BCUT2D eigenvalue weighted by atomic mass is 9.77. The number of nitrogens with one attached hydrogen (secondary N) is 1. The molecule has 0 aromatic heterocycles. The van der Waals surface area contributed by atoms with Gasteiger partial charge in [-0.15, -0.1) is 0 Å². The predicted octanol–water partition coefficient (Wildman–Crippen LogP) is 7.56. The molecule has 3 N–H and O–H groups in total. The van der Waals surface area contributed by atoms with Gasteiger partial charge in [0.2, 0.25) is 0 Å². The zero-order chi connectivity index (χ0) is 28.9. The fraction of sp³-hybridized carbons (Fsp3) is 0.333. The van der Waals surface area contributed by atoms with E-state index in [2.05, 4.69) is 19.2 Å². The number of carbonyl (C=O) groups is 2. The predicted molar refractivity (Wildman–Crippen MR) is 150 cm³/mol. The molecule has 1 aliphatic heterocycles. The Hall–Kier alpha value is -3.82. The molecule has 212 valence electrons. The van der Waals surface area contributed by atoms with Crippen LogP contribution >= 0.6 is 11.6 Å². The number of hydrogen-bond donors (Lipinski definition) is 3. The SMILES string of the molecule is CCC(CC)C1(O)CCN(C(=O)Nc2cc(Oc3ccc(F)cc3)cc(Oc3ccc(C(=O)O)c(Cl)c3)c2)CC1. The van der Waals surface area contributed by atoms with Gasteiger partial charge in [-0.05, 0) is 55.2 Å². The summed E-state index contributed by atoms with van der Waals surface area (Å²) in [5.74, 6) is -0.116. The van der Waals surface area contributed by atoms with Crippen LogP contribution in [0.5, 0.6) is 23.0 Å². The molecule has 0 atom stereocenters. The molecule has 2 amide bonds. The summed E-state index contributed by atoms with van der Waals surface area (Å²) >= 11 is 6.09. The highest BCUT2D eigenvalue weighted by Gasteiger charge is 2.39. The molecule has 10 heteroatoms. The molecule has 0 bridgehead atoms. The molecule has 1 aliphatic rings. The zero-order valence-corrected chi connectivity index (χ0v) is 23.1. The van der Waals surface area contributed by atoms with Crippen LogP contribution in [-0.4, -0.2) is 45.8 Å². The minimum Gasteiger partial charge on any atom is -0.478 e. The van der Waals surface area contributed by atoms with Gasteiger partial charge in [0.15, 0.2) is 0 Å². The van der Waals surface area contributed by atoms with Crippen molar-refractivity contribution in [1.82, 2.24) is 4.90 Å². The van der Waals surface area contributed by atoms with E-state index in [-0.39, 0.29) is 34.0 Å². The second-order valence-electron chi connectivity index (χ2n) is 9.83. The maximum Gasteiger partial charge on any atom is 0.337 e. The van der Waals surface area contributed by atoms with Crippen LogP contribution in [0.15, 0.2) is 60.7 Å². The second-order valence-corrected chi connectivity index (χ2v) is 10.2. The summed E-state index contributed by atoms with van der Waals surface area (Å²) in [5.41, 5.74) is -0.455. The van der Waals surface area contributed by atoms with Gasteiger partial charge in [-0.1, -0.05) is 38.3 Å². The molecular formula is C30H32ClFN2O6. The number of amides is 2. The van der Waals surface area contributed by atoms with Gasteiger partial charge >= 0.3 is 12.0 Å². The molecule has 1 fully saturated rings. The summed E-state index contributed by atoms with van der Waals surface area (Å²) in [6, 6.07) is 14.1. The minimum absolute atomic E-state index is 0.00989. The standard InChI is InChI=1S/C30H32ClFN2O6/c1-3-19(4-2)30(38)11-13-34(14-12-30)29(37)33-21-15-24(39-22-7-5-20(32)6-8-22)17-25(16-21)40-23-9-10-26(28(35)36)27(31)18-23/h5-10,15-19,38H,3-4,11-14H2,1-2H3,(H,33,37)(H,35,36). The molecule has 8 nitrogen and oxygen atoms in total. The number of carboxylic acid groups (broad SMARTS) is 1. The van der Waals surface area contributed by atoms with Crippen molar-refractivity contribution in [2.24, 2.45) is 5.92 Å². The molecule has 0 aliphatic carbocycles. The Kier molecular flexibility index (Phi) is 9.17. The third-order valence-electron chi connectivity index (χ3n) is 7.25. The van der Waals surface area contributed by atoms with Gasteiger partial charge in [0.05, 0.1) is 16.2 Å². The smallest absolute Gasteiger partial charge is 0.337 e. The van der Waals surface area contributed by atoms with Crippen LogP contribution in [0, 0.1) is 11.7 Å². The fourth-order valence-electron chi connectivity index (χ4n) is 5.03. The van der Waals surface area contributed by atoms with Gasteiger partial charge < -0.3 is 29.9 Å². The van der Waals surface area contributed by atoms with Crippen molar-refractivity contribution in [1.29, 1.82) is 0 Å². The number of hydrogen-bond acceptors (Lipinski definition) is 5. The van der Waals surface area contributed by atoms with Crippen molar-refractivity contribution in [2.75, 3.05) is 18.4 Å². The summed E-state index contributed by atoms with van der Waals surface area (Å²) in [4.78, 5) is 26.1. The molecule has 1 saturated heterocycles. The van der Waals surface area contributed by atoms with Crippen molar-refractivity contribution in [2.45, 2.75) is 45.1 Å². The number of nitrogens with zero attached hydrogens (tertiary/aromatic N) is 1. The fourth-order valence-corrected chi connectivity index (χ4v) is 5.28. The quantitative estimate of drug-likeness (QED) is 0.245. The van der Waals surface area contributed by atoms with Crippen LogP contribution in [0.2, 0.25) is 5.02 Å². The number of carboxylic acids is 1.